The molecule has 1 amide bonds. The van der Waals surface area contributed by atoms with Gasteiger partial charge in [0.25, 0.3) is 0 Å². The van der Waals surface area contributed by atoms with Gasteiger partial charge in [-0.05, 0) is 36.4 Å². The van der Waals surface area contributed by atoms with E-state index in [0.717, 1.165) is 30.7 Å². The topological polar surface area (TPSA) is 60.2 Å². The van der Waals surface area contributed by atoms with Gasteiger partial charge in [0, 0.05) is 18.0 Å². The van der Waals surface area contributed by atoms with Crippen LogP contribution in [-0.2, 0) is 11.3 Å². The van der Waals surface area contributed by atoms with Crippen LogP contribution < -0.4 is 4.74 Å². The van der Waals surface area contributed by atoms with Gasteiger partial charge in [-0.15, -0.1) is 28.1 Å². The van der Waals surface area contributed by atoms with Gasteiger partial charge in [0.05, 0.1) is 24.5 Å². The molecule has 0 saturated carbocycles. The predicted octanol–water partition coefficient (Wildman–Crippen LogP) is 4.66. The Kier molecular flexibility index (Phi) is 6.54. The maximum atomic E-state index is 13.0. The molecule has 1 aliphatic heterocycles. The van der Waals surface area contributed by atoms with Crippen LogP contribution in [0.15, 0.2) is 59.6 Å². The normalized spacial score (nSPS) is 16.0. The Bertz CT molecular complexity index is 1020. The molecule has 1 aromatic carbocycles. The third-order valence-electron chi connectivity index (χ3n) is 5.15. The van der Waals surface area contributed by atoms with E-state index in [0.29, 0.717) is 23.3 Å². The summed E-state index contributed by atoms with van der Waals surface area (Å²) >= 11 is 3.14. The van der Waals surface area contributed by atoms with Crippen LogP contribution in [0.4, 0.5) is 0 Å². The van der Waals surface area contributed by atoms with Crippen molar-refractivity contribution in [2.75, 3.05) is 19.4 Å². The first-order valence-electron chi connectivity index (χ1n) is 9.86. The minimum Gasteiger partial charge on any atom is -0.496 e. The second-order valence-corrected chi connectivity index (χ2v) is 8.88. The van der Waals surface area contributed by atoms with E-state index >= 15 is 0 Å². The lowest BCUT2D eigenvalue weighted by Crippen LogP contribution is -2.31. The predicted molar refractivity (Wildman–Crippen MR) is 121 cm³/mol. The quantitative estimate of drug-likeness (QED) is 0.377. The van der Waals surface area contributed by atoms with E-state index in [9.17, 15) is 4.79 Å². The monoisotopic (exact) mass is 440 g/mol. The van der Waals surface area contributed by atoms with Crippen molar-refractivity contribution >= 4 is 29.0 Å². The van der Waals surface area contributed by atoms with Crippen LogP contribution >= 0.6 is 23.1 Å². The lowest BCUT2D eigenvalue weighted by Gasteiger charge is -2.23. The number of methoxy groups -OCH3 is 1. The van der Waals surface area contributed by atoms with Crippen molar-refractivity contribution in [3.8, 4) is 17.1 Å². The number of para-hydroxylation sites is 1. The molecular formula is C22H24N4O2S2. The molecular weight excluding hydrogens is 416 g/mol. The third kappa shape index (κ3) is 4.15. The fourth-order valence-corrected chi connectivity index (χ4v) is 5.48. The number of ether oxygens (including phenoxy) is 1. The van der Waals surface area contributed by atoms with Crippen molar-refractivity contribution in [3.05, 3.63) is 59.3 Å². The Hall–Kier alpha value is -2.58. The maximum Gasteiger partial charge on any atom is 0.233 e. The molecule has 1 aliphatic rings. The molecule has 2 aromatic heterocycles. The number of hydrogen-bond donors (Lipinski definition) is 0. The minimum absolute atomic E-state index is 0.142. The summed E-state index contributed by atoms with van der Waals surface area (Å²) in [6.45, 7) is 5.23. The molecule has 0 bridgehead atoms. The first-order valence-corrected chi connectivity index (χ1v) is 11.7. The SMILES string of the molecule is C=CCn1c(SCC(=O)N2CCCC2c2cccs2)nnc1-c1ccccc1OC. The summed E-state index contributed by atoms with van der Waals surface area (Å²) in [6.07, 6.45) is 3.88. The molecule has 6 nitrogen and oxygen atoms in total. The molecule has 1 saturated heterocycles. The number of amides is 1. The number of aromatic nitrogens is 3. The number of thioether (sulfide) groups is 1. The summed E-state index contributed by atoms with van der Waals surface area (Å²) in [4.78, 5) is 16.3. The van der Waals surface area contributed by atoms with Crippen LogP contribution in [-0.4, -0.2) is 45.0 Å². The van der Waals surface area contributed by atoms with Crippen molar-refractivity contribution in [3.63, 3.8) is 0 Å². The molecule has 30 heavy (non-hydrogen) atoms. The third-order valence-corrected chi connectivity index (χ3v) is 7.07. The second-order valence-electron chi connectivity index (χ2n) is 6.95. The first-order chi connectivity index (χ1) is 14.7. The molecule has 3 aromatic rings. The zero-order valence-electron chi connectivity index (χ0n) is 16.9. The van der Waals surface area contributed by atoms with Crippen molar-refractivity contribution < 1.29 is 9.53 Å². The van der Waals surface area contributed by atoms with Gasteiger partial charge >= 0.3 is 0 Å². The summed E-state index contributed by atoms with van der Waals surface area (Å²) in [7, 11) is 1.64. The summed E-state index contributed by atoms with van der Waals surface area (Å²) in [5, 5.41) is 11.5. The number of benzene rings is 1. The van der Waals surface area contributed by atoms with E-state index in [-0.39, 0.29) is 11.9 Å². The minimum atomic E-state index is 0.142. The van der Waals surface area contributed by atoms with Crippen molar-refractivity contribution in [1.82, 2.24) is 19.7 Å². The number of thiophene rings is 1. The average Bonchev–Trinajstić information content (AvgIpc) is 3.52. The van der Waals surface area contributed by atoms with Gasteiger partial charge in [0.2, 0.25) is 5.91 Å². The zero-order chi connectivity index (χ0) is 20.9. The lowest BCUT2D eigenvalue weighted by molar-refractivity contribution is -0.129. The first kappa shape index (κ1) is 20.7. The van der Waals surface area contributed by atoms with Crippen LogP contribution in [0.5, 0.6) is 5.75 Å². The highest BCUT2D eigenvalue weighted by atomic mass is 32.2. The molecule has 1 atom stereocenters. The fraction of sp³-hybridized carbons (Fsp3) is 0.318. The highest BCUT2D eigenvalue weighted by molar-refractivity contribution is 7.99. The molecule has 0 radical (unpaired) electrons. The largest absolute Gasteiger partial charge is 0.496 e. The van der Waals surface area contributed by atoms with Gasteiger partial charge in [0.1, 0.15) is 5.75 Å². The molecule has 3 heterocycles. The lowest BCUT2D eigenvalue weighted by atomic mass is 10.2. The summed E-state index contributed by atoms with van der Waals surface area (Å²) in [5.74, 6) is 1.92. The molecule has 156 valence electrons. The number of carbonyl (C=O) groups is 1. The van der Waals surface area contributed by atoms with Gasteiger partial charge in [-0.1, -0.05) is 36.0 Å². The molecule has 1 unspecified atom stereocenters. The van der Waals surface area contributed by atoms with Gasteiger partial charge in [-0.3, -0.25) is 9.36 Å². The molecule has 1 fully saturated rings. The molecule has 8 heteroatoms. The van der Waals surface area contributed by atoms with E-state index in [1.165, 1.54) is 16.6 Å². The maximum absolute atomic E-state index is 13.0. The van der Waals surface area contributed by atoms with Crippen molar-refractivity contribution in [2.45, 2.75) is 30.6 Å². The van der Waals surface area contributed by atoms with Gasteiger partial charge in [-0.2, -0.15) is 0 Å². The Labute approximate surface area is 184 Å². The second kappa shape index (κ2) is 9.49. The molecule has 0 aliphatic carbocycles. The van der Waals surface area contributed by atoms with Crippen LogP contribution in [0.3, 0.4) is 0 Å². The molecule has 0 spiro atoms. The zero-order valence-corrected chi connectivity index (χ0v) is 18.5. The Morgan fingerprint density at radius 1 is 1.33 bits per heavy atom. The standard InChI is InChI=1S/C22H24N4O2S2/c1-3-12-26-21(16-8-4-5-10-18(16)28-2)23-24-22(26)30-15-20(27)25-13-6-9-17(25)19-11-7-14-29-19/h3-5,7-8,10-11,14,17H,1,6,9,12-13,15H2,2H3. The van der Waals surface area contributed by atoms with Crippen LogP contribution in [0.2, 0.25) is 0 Å². The van der Waals surface area contributed by atoms with Crippen LogP contribution in [0.1, 0.15) is 23.8 Å². The van der Waals surface area contributed by atoms with Crippen molar-refractivity contribution in [1.29, 1.82) is 0 Å². The Morgan fingerprint density at radius 2 is 2.20 bits per heavy atom. The van der Waals surface area contributed by atoms with E-state index < -0.39 is 0 Å². The summed E-state index contributed by atoms with van der Waals surface area (Å²) in [6, 6.07) is 12.1. The highest BCUT2D eigenvalue weighted by Crippen LogP contribution is 2.36. The van der Waals surface area contributed by atoms with Crippen LogP contribution in [0.25, 0.3) is 11.4 Å². The summed E-state index contributed by atoms with van der Waals surface area (Å²) < 4.78 is 7.46. The number of likely N-dealkylation sites (tertiary alicyclic amines) is 1. The number of carbonyl (C=O) groups excluding carboxylic acids is 1. The van der Waals surface area contributed by atoms with E-state index in [1.807, 2.05) is 39.8 Å². The average molecular weight is 441 g/mol. The molecule has 4 rings (SSSR count). The van der Waals surface area contributed by atoms with E-state index in [1.54, 1.807) is 24.5 Å². The van der Waals surface area contributed by atoms with Gasteiger partial charge < -0.3 is 9.64 Å². The van der Waals surface area contributed by atoms with Crippen molar-refractivity contribution in [2.24, 2.45) is 0 Å². The smallest absolute Gasteiger partial charge is 0.233 e. The van der Waals surface area contributed by atoms with E-state index in [4.69, 9.17) is 4.74 Å². The Morgan fingerprint density at radius 3 is 2.97 bits per heavy atom. The number of rotatable bonds is 8. The number of allylic oxidation sites excluding steroid dienone is 1. The Balaban J connectivity index is 1.51. The summed E-state index contributed by atoms with van der Waals surface area (Å²) in [5.41, 5.74) is 0.866. The van der Waals surface area contributed by atoms with E-state index in [2.05, 4.69) is 28.2 Å². The molecule has 0 N–H and O–H groups in total. The fourth-order valence-electron chi connectivity index (χ4n) is 3.77. The van der Waals surface area contributed by atoms with Gasteiger partial charge in [-0.25, -0.2) is 0 Å². The van der Waals surface area contributed by atoms with Gasteiger partial charge in [0.15, 0.2) is 11.0 Å². The number of hydrogen-bond acceptors (Lipinski definition) is 6. The van der Waals surface area contributed by atoms with Crippen LogP contribution in [0, 0.1) is 0 Å². The highest BCUT2D eigenvalue weighted by Gasteiger charge is 2.30. The number of nitrogens with zero attached hydrogens (tertiary/aromatic N) is 4.